The van der Waals surface area contributed by atoms with Crippen molar-refractivity contribution in [1.29, 1.82) is 0 Å². The van der Waals surface area contributed by atoms with Crippen LogP contribution >= 0.6 is 0 Å². The molecule has 0 saturated heterocycles. The topological polar surface area (TPSA) is 7.76 Å². The average molecular weight is 627 g/mol. The smallest absolute Gasteiger partial charge is 0.169 e. The highest BCUT2D eigenvalue weighted by atomic mass is 79.9. The van der Waals surface area contributed by atoms with Crippen molar-refractivity contribution in [2.45, 2.75) is 143 Å². The Hall–Kier alpha value is -0.740. The molecule has 0 unspecified atom stereocenters. The lowest BCUT2D eigenvalue weighted by Crippen LogP contribution is -3.00. The van der Waals surface area contributed by atoms with Gasteiger partial charge in [0.15, 0.2) is 24.8 Å². The van der Waals surface area contributed by atoms with Crippen LogP contribution < -0.4 is 43.1 Å². The molecule has 0 amide bonds. The predicted octanol–water partition coefficient (Wildman–Crippen LogP) is 3.00. The second kappa shape index (κ2) is 24.6. The van der Waals surface area contributed by atoms with Crippen LogP contribution in [0.3, 0.4) is 0 Å². The second-order valence-electron chi connectivity index (χ2n) is 10.3. The van der Waals surface area contributed by atoms with Gasteiger partial charge in [0, 0.05) is 37.1 Å². The summed E-state index contributed by atoms with van der Waals surface area (Å²) < 4.78 is 4.69. The molecular formula is C32H54Br2N2. The molecule has 0 aliphatic carbocycles. The van der Waals surface area contributed by atoms with Crippen LogP contribution in [0.25, 0.3) is 11.1 Å². The van der Waals surface area contributed by atoms with Crippen LogP contribution in [0.2, 0.25) is 0 Å². The Labute approximate surface area is 244 Å². The summed E-state index contributed by atoms with van der Waals surface area (Å²) in [6.45, 7) is 6.87. The number of pyridine rings is 2. The fourth-order valence-electron chi connectivity index (χ4n) is 4.81. The summed E-state index contributed by atoms with van der Waals surface area (Å²) in [5, 5.41) is 0. The third-order valence-corrected chi connectivity index (χ3v) is 7.16. The molecule has 0 radical (unpaired) electrons. The molecule has 0 atom stereocenters. The minimum Gasteiger partial charge on any atom is -1.00 e. The Bertz CT molecular complexity index is 652. The summed E-state index contributed by atoms with van der Waals surface area (Å²) >= 11 is 0. The van der Waals surface area contributed by atoms with E-state index in [9.17, 15) is 0 Å². The SMILES string of the molecule is CCCCCCCCCCC[n+]1ccc(-c2cc[n+](CCCCCCCCCCC)cc2)cc1.[Br-].[Br-]. The van der Waals surface area contributed by atoms with Crippen molar-refractivity contribution in [3.8, 4) is 11.1 Å². The van der Waals surface area contributed by atoms with Crippen molar-refractivity contribution in [2.75, 3.05) is 0 Å². The van der Waals surface area contributed by atoms with Gasteiger partial charge in [-0.3, -0.25) is 0 Å². The molecule has 0 N–H and O–H groups in total. The van der Waals surface area contributed by atoms with Gasteiger partial charge >= 0.3 is 0 Å². The molecule has 0 fully saturated rings. The van der Waals surface area contributed by atoms with E-state index in [1.54, 1.807) is 0 Å². The molecule has 0 aromatic carbocycles. The zero-order valence-corrected chi connectivity index (χ0v) is 26.6. The van der Waals surface area contributed by atoms with Gasteiger partial charge in [-0.15, -0.1) is 0 Å². The van der Waals surface area contributed by atoms with Gasteiger partial charge in [0.2, 0.25) is 0 Å². The van der Waals surface area contributed by atoms with Crippen molar-refractivity contribution < 1.29 is 43.1 Å². The molecule has 0 bridgehead atoms. The van der Waals surface area contributed by atoms with Crippen LogP contribution in [0.5, 0.6) is 0 Å². The van der Waals surface area contributed by atoms with Gasteiger partial charge in [0.1, 0.15) is 13.1 Å². The Morgan fingerprint density at radius 3 is 0.917 bits per heavy atom. The van der Waals surface area contributed by atoms with Crippen LogP contribution in [0, 0.1) is 0 Å². The van der Waals surface area contributed by atoms with E-state index in [4.69, 9.17) is 0 Å². The zero-order valence-electron chi connectivity index (χ0n) is 23.4. The number of halogens is 2. The van der Waals surface area contributed by atoms with E-state index in [0.29, 0.717) is 0 Å². The van der Waals surface area contributed by atoms with Crippen molar-refractivity contribution in [2.24, 2.45) is 0 Å². The average Bonchev–Trinajstić information content (AvgIpc) is 2.87. The molecule has 2 rings (SSSR count). The number of aryl methyl sites for hydroxylation is 2. The van der Waals surface area contributed by atoms with E-state index in [1.807, 2.05) is 0 Å². The standard InChI is InChI=1S/C32H54N2.2BrH/c1-3-5-7-9-11-13-15-17-19-25-33-27-21-31(22-28-33)32-23-29-34(30-24-32)26-20-18-16-14-12-10-8-6-4-2;;/h21-24,27-30H,3-20,25-26H2,1-2H3;2*1H/q+2;;/p-2. The molecule has 206 valence electrons. The van der Waals surface area contributed by atoms with Crippen LogP contribution in [0.15, 0.2) is 49.1 Å². The normalized spacial score (nSPS) is 10.6. The molecule has 2 aromatic rings. The first-order valence-electron chi connectivity index (χ1n) is 14.8. The van der Waals surface area contributed by atoms with E-state index in [-0.39, 0.29) is 34.0 Å². The molecule has 0 saturated carbocycles. The number of hydrogen-bond acceptors (Lipinski definition) is 0. The van der Waals surface area contributed by atoms with Crippen LogP contribution in [-0.2, 0) is 13.1 Å². The van der Waals surface area contributed by atoms with Crippen molar-refractivity contribution in [3.63, 3.8) is 0 Å². The fourth-order valence-corrected chi connectivity index (χ4v) is 4.81. The molecule has 2 nitrogen and oxygen atoms in total. The van der Waals surface area contributed by atoms with Gasteiger partial charge in [-0.05, 0) is 24.0 Å². The summed E-state index contributed by atoms with van der Waals surface area (Å²) in [7, 11) is 0. The molecule has 4 heteroatoms. The minimum absolute atomic E-state index is 0. The van der Waals surface area contributed by atoms with Gasteiger partial charge < -0.3 is 34.0 Å². The fraction of sp³-hybridized carbons (Fsp3) is 0.688. The first-order valence-corrected chi connectivity index (χ1v) is 14.8. The Balaban J connectivity index is 0.00000612. The van der Waals surface area contributed by atoms with E-state index < -0.39 is 0 Å². The molecule has 0 aliphatic heterocycles. The maximum atomic E-state index is 2.34. The van der Waals surface area contributed by atoms with Gasteiger partial charge in [0.05, 0.1) is 0 Å². The highest BCUT2D eigenvalue weighted by Gasteiger charge is 2.06. The van der Waals surface area contributed by atoms with Gasteiger partial charge in [-0.2, -0.15) is 0 Å². The third kappa shape index (κ3) is 16.9. The molecule has 0 spiro atoms. The van der Waals surface area contributed by atoms with E-state index in [0.717, 1.165) is 13.1 Å². The lowest BCUT2D eigenvalue weighted by Gasteiger charge is -2.03. The van der Waals surface area contributed by atoms with Crippen LogP contribution in [0.4, 0.5) is 0 Å². The van der Waals surface area contributed by atoms with Crippen molar-refractivity contribution in [1.82, 2.24) is 0 Å². The summed E-state index contributed by atoms with van der Waals surface area (Å²) in [5.74, 6) is 0. The first-order chi connectivity index (χ1) is 16.8. The zero-order chi connectivity index (χ0) is 24.1. The number of hydrogen-bond donors (Lipinski definition) is 0. The Kier molecular flexibility index (Phi) is 24.1. The highest BCUT2D eigenvalue weighted by Crippen LogP contribution is 2.16. The summed E-state index contributed by atoms with van der Waals surface area (Å²) in [5.41, 5.74) is 2.64. The van der Waals surface area contributed by atoms with Crippen LogP contribution in [0.1, 0.15) is 129 Å². The number of rotatable bonds is 21. The lowest BCUT2D eigenvalue weighted by atomic mass is 10.1. The molecule has 2 heterocycles. The molecule has 2 aromatic heterocycles. The lowest BCUT2D eigenvalue weighted by molar-refractivity contribution is -0.697. The monoisotopic (exact) mass is 624 g/mol. The Morgan fingerprint density at radius 2 is 0.639 bits per heavy atom. The van der Waals surface area contributed by atoms with E-state index in [2.05, 4.69) is 72.0 Å². The predicted molar refractivity (Wildman–Crippen MR) is 147 cm³/mol. The van der Waals surface area contributed by atoms with Gasteiger partial charge in [-0.1, -0.05) is 104 Å². The largest absolute Gasteiger partial charge is 1.00 e. The molecule has 36 heavy (non-hydrogen) atoms. The Morgan fingerprint density at radius 1 is 0.389 bits per heavy atom. The van der Waals surface area contributed by atoms with Gasteiger partial charge in [-0.25, -0.2) is 9.13 Å². The van der Waals surface area contributed by atoms with E-state index in [1.165, 1.54) is 127 Å². The maximum absolute atomic E-state index is 2.34. The van der Waals surface area contributed by atoms with Crippen molar-refractivity contribution >= 4 is 0 Å². The van der Waals surface area contributed by atoms with Crippen molar-refractivity contribution in [3.05, 3.63) is 49.1 Å². The van der Waals surface area contributed by atoms with E-state index >= 15 is 0 Å². The quantitative estimate of drug-likeness (QED) is 0.149. The van der Waals surface area contributed by atoms with Crippen LogP contribution in [-0.4, -0.2) is 0 Å². The number of aromatic nitrogens is 2. The number of unbranched alkanes of at least 4 members (excludes halogenated alkanes) is 16. The summed E-state index contributed by atoms with van der Waals surface area (Å²) in [4.78, 5) is 0. The summed E-state index contributed by atoms with van der Waals surface area (Å²) in [6, 6.07) is 9.09. The van der Waals surface area contributed by atoms with Gasteiger partial charge in [0.25, 0.3) is 0 Å². The maximum Gasteiger partial charge on any atom is 0.169 e. The number of nitrogens with zero attached hydrogens (tertiary/aromatic N) is 2. The minimum atomic E-state index is 0. The molecule has 0 aliphatic rings. The third-order valence-electron chi connectivity index (χ3n) is 7.16. The first kappa shape index (κ1) is 35.3. The highest BCUT2D eigenvalue weighted by molar-refractivity contribution is 5.60. The second-order valence-corrected chi connectivity index (χ2v) is 10.3. The molecular weight excluding hydrogens is 572 g/mol. The summed E-state index contributed by atoms with van der Waals surface area (Å²) in [6.07, 6.45) is 34.1.